The molecule has 8 heteroatoms. The number of rotatable bonds is 4. The Hall–Kier alpha value is -2.87. The average molecular weight is 353 g/mol. The fourth-order valence-electron chi connectivity index (χ4n) is 3.09. The number of nitrogens with one attached hydrogen (secondary N) is 3. The van der Waals surface area contributed by atoms with E-state index in [0.717, 1.165) is 31.8 Å². The van der Waals surface area contributed by atoms with Crippen LogP contribution in [-0.4, -0.2) is 64.4 Å². The summed E-state index contributed by atoms with van der Waals surface area (Å²) in [5, 5.41) is 18.1. The Bertz CT molecular complexity index is 773. The molecule has 1 amide bonds. The van der Waals surface area contributed by atoms with Crippen LogP contribution in [0.25, 0.3) is 0 Å². The number of allylic oxidation sites excluding steroid dienone is 2. The topological polar surface area (TPSA) is 109 Å². The van der Waals surface area contributed by atoms with Crippen LogP contribution in [0.2, 0.25) is 0 Å². The highest BCUT2D eigenvalue weighted by atomic mass is 16.1. The summed E-state index contributed by atoms with van der Waals surface area (Å²) in [7, 11) is 0. The van der Waals surface area contributed by atoms with Crippen molar-refractivity contribution in [3.05, 3.63) is 36.2 Å². The smallest absolute Gasteiger partial charge is 0.225 e. The van der Waals surface area contributed by atoms with Crippen LogP contribution in [0.5, 0.6) is 0 Å². The molecule has 1 aliphatic carbocycles. The number of amides is 1. The highest BCUT2D eigenvalue weighted by Crippen LogP contribution is 2.19. The Labute approximate surface area is 152 Å². The molecule has 1 unspecified atom stereocenters. The lowest BCUT2D eigenvalue weighted by molar-refractivity contribution is -0.114. The molecule has 0 aromatic carbocycles. The van der Waals surface area contributed by atoms with Crippen molar-refractivity contribution >= 4 is 29.0 Å². The molecule has 0 saturated carbocycles. The van der Waals surface area contributed by atoms with Crippen molar-refractivity contribution in [1.82, 2.24) is 14.9 Å². The Morgan fingerprint density at radius 1 is 1.12 bits per heavy atom. The molecular formula is C18H23N7O. The highest BCUT2D eigenvalue weighted by molar-refractivity contribution is 6.49. The van der Waals surface area contributed by atoms with Crippen LogP contribution in [0.15, 0.2) is 36.2 Å². The molecule has 1 aromatic heterocycles. The van der Waals surface area contributed by atoms with Gasteiger partial charge in [-0.1, -0.05) is 6.08 Å². The lowest BCUT2D eigenvalue weighted by atomic mass is 9.97. The fourth-order valence-corrected chi connectivity index (χ4v) is 3.09. The Balaban J connectivity index is 1.58. The van der Waals surface area contributed by atoms with Gasteiger partial charge in [-0.2, -0.15) is 0 Å². The number of carbonyl (C=O) groups excluding carboxylic acids is 1. The maximum absolute atomic E-state index is 11.1. The standard InChI is InChI=1S/C18H23N7O/c1-12(14-3-4-16(19)17(20)9-14)24-5-7-25(8-6-24)18-21-10-15(11-22-18)23-13(2)26/h3-4,9-12,19-20H,5-8H2,1-2H3,(H,23,26). The van der Waals surface area contributed by atoms with Crippen molar-refractivity contribution in [1.29, 1.82) is 10.8 Å². The minimum Gasteiger partial charge on any atom is -0.338 e. The summed E-state index contributed by atoms with van der Waals surface area (Å²) in [5.41, 5.74) is 2.18. The van der Waals surface area contributed by atoms with Gasteiger partial charge in [-0.05, 0) is 24.6 Å². The van der Waals surface area contributed by atoms with E-state index in [-0.39, 0.29) is 23.4 Å². The monoisotopic (exact) mass is 353 g/mol. The van der Waals surface area contributed by atoms with Gasteiger partial charge in [-0.3, -0.25) is 20.5 Å². The first-order chi connectivity index (χ1) is 12.4. The predicted octanol–water partition coefficient (Wildman–Crippen LogP) is 1.48. The van der Waals surface area contributed by atoms with Crippen LogP contribution in [0.1, 0.15) is 13.8 Å². The van der Waals surface area contributed by atoms with Crippen LogP contribution in [-0.2, 0) is 4.79 Å². The zero-order chi connectivity index (χ0) is 18.7. The van der Waals surface area contributed by atoms with E-state index in [1.807, 2.05) is 6.08 Å². The Morgan fingerprint density at radius 3 is 2.35 bits per heavy atom. The van der Waals surface area contributed by atoms with Gasteiger partial charge in [0.1, 0.15) is 0 Å². The molecule has 1 atom stereocenters. The van der Waals surface area contributed by atoms with Gasteiger partial charge in [0.2, 0.25) is 11.9 Å². The van der Waals surface area contributed by atoms with Crippen molar-refractivity contribution in [3.8, 4) is 0 Å². The number of hydrogen-bond acceptors (Lipinski definition) is 7. The normalized spacial score (nSPS) is 19.3. The quantitative estimate of drug-likeness (QED) is 0.711. The number of anilines is 2. The second-order valence-corrected chi connectivity index (χ2v) is 6.46. The summed E-state index contributed by atoms with van der Waals surface area (Å²) in [4.78, 5) is 24.2. The summed E-state index contributed by atoms with van der Waals surface area (Å²) in [5.74, 6) is 0.525. The molecule has 26 heavy (non-hydrogen) atoms. The van der Waals surface area contributed by atoms with E-state index in [4.69, 9.17) is 10.8 Å². The largest absolute Gasteiger partial charge is 0.338 e. The minimum absolute atomic E-state index is 0.141. The summed E-state index contributed by atoms with van der Waals surface area (Å²) < 4.78 is 0. The summed E-state index contributed by atoms with van der Waals surface area (Å²) in [6, 6.07) is 0.199. The van der Waals surface area contributed by atoms with E-state index in [1.54, 1.807) is 24.5 Å². The van der Waals surface area contributed by atoms with Crippen molar-refractivity contribution in [2.75, 3.05) is 36.4 Å². The average Bonchev–Trinajstić information content (AvgIpc) is 2.64. The summed E-state index contributed by atoms with van der Waals surface area (Å²) in [6.45, 7) is 6.95. The van der Waals surface area contributed by atoms with Crippen molar-refractivity contribution in [2.45, 2.75) is 19.9 Å². The third-order valence-electron chi connectivity index (χ3n) is 4.63. The molecule has 0 spiro atoms. The predicted molar refractivity (Wildman–Crippen MR) is 102 cm³/mol. The molecule has 1 aromatic rings. The third kappa shape index (κ3) is 4.02. The molecule has 0 bridgehead atoms. The van der Waals surface area contributed by atoms with Crippen LogP contribution in [0, 0.1) is 10.8 Å². The SMILES string of the molecule is CC(=O)Nc1cnc(N2CCN(C(C)C3=CC(=N)C(=N)C=C3)CC2)nc1. The fraction of sp³-hybridized carbons (Fsp3) is 0.389. The first-order valence-electron chi connectivity index (χ1n) is 8.60. The number of piperazine rings is 1. The van der Waals surface area contributed by atoms with Gasteiger partial charge in [0.25, 0.3) is 0 Å². The lowest BCUT2D eigenvalue weighted by Crippen LogP contribution is -2.50. The summed E-state index contributed by atoms with van der Waals surface area (Å²) >= 11 is 0. The molecule has 3 N–H and O–H groups in total. The number of aromatic nitrogens is 2. The van der Waals surface area contributed by atoms with Gasteiger partial charge in [0, 0.05) is 39.1 Å². The van der Waals surface area contributed by atoms with Crippen LogP contribution < -0.4 is 10.2 Å². The molecular weight excluding hydrogens is 330 g/mol. The van der Waals surface area contributed by atoms with Crippen molar-refractivity contribution < 1.29 is 4.79 Å². The van der Waals surface area contributed by atoms with Crippen molar-refractivity contribution in [2.24, 2.45) is 0 Å². The van der Waals surface area contributed by atoms with E-state index in [9.17, 15) is 4.79 Å². The molecule has 1 aliphatic heterocycles. The zero-order valence-electron chi connectivity index (χ0n) is 15.0. The van der Waals surface area contributed by atoms with E-state index in [1.165, 1.54) is 6.92 Å². The highest BCUT2D eigenvalue weighted by Gasteiger charge is 2.25. The molecule has 8 nitrogen and oxygen atoms in total. The van der Waals surface area contributed by atoms with Gasteiger partial charge >= 0.3 is 0 Å². The van der Waals surface area contributed by atoms with Crippen LogP contribution in [0.4, 0.5) is 11.6 Å². The third-order valence-corrected chi connectivity index (χ3v) is 4.63. The summed E-state index contributed by atoms with van der Waals surface area (Å²) in [6.07, 6.45) is 8.65. The van der Waals surface area contributed by atoms with E-state index >= 15 is 0 Å². The maximum atomic E-state index is 11.1. The van der Waals surface area contributed by atoms with Gasteiger partial charge < -0.3 is 10.2 Å². The molecule has 2 heterocycles. The number of hydrogen-bond donors (Lipinski definition) is 3. The molecule has 1 saturated heterocycles. The van der Waals surface area contributed by atoms with Gasteiger partial charge in [-0.15, -0.1) is 0 Å². The Morgan fingerprint density at radius 2 is 1.77 bits per heavy atom. The molecule has 3 rings (SSSR count). The second kappa shape index (κ2) is 7.57. The van der Waals surface area contributed by atoms with Gasteiger partial charge in [0.15, 0.2) is 0 Å². The van der Waals surface area contributed by atoms with E-state index < -0.39 is 0 Å². The van der Waals surface area contributed by atoms with E-state index in [0.29, 0.717) is 11.6 Å². The van der Waals surface area contributed by atoms with Crippen LogP contribution in [0.3, 0.4) is 0 Å². The number of carbonyl (C=O) groups is 1. The molecule has 0 radical (unpaired) electrons. The number of nitrogens with zero attached hydrogens (tertiary/aromatic N) is 4. The molecule has 1 fully saturated rings. The second-order valence-electron chi connectivity index (χ2n) is 6.46. The molecule has 2 aliphatic rings. The first kappa shape index (κ1) is 17.9. The van der Waals surface area contributed by atoms with Crippen molar-refractivity contribution in [3.63, 3.8) is 0 Å². The maximum Gasteiger partial charge on any atom is 0.225 e. The molecule has 136 valence electrons. The zero-order valence-corrected chi connectivity index (χ0v) is 15.0. The first-order valence-corrected chi connectivity index (χ1v) is 8.60. The van der Waals surface area contributed by atoms with Gasteiger partial charge in [0.05, 0.1) is 29.5 Å². The lowest BCUT2D eigenvalue weighted by Gasteiger charge is -2.38. The Kier molecular flexibility index (Phi) is 5.22. The minimum atomic E-state index is -0.141. The van der Waals surface area contributed by atoms with Crippen LogP contribution >= 0.6 is 0 Å². The van der Waals surface area contributed by atoms with E-state index in [2.05, 4.69) is 32.0 Å². The van der Waals surface area contributed by atoms with Gasteiger partial charge in [-0.25, -0.2) is 9.97 Å².